The average Bonchev–Trinajstić information content (AvgIpc) is 3.32. The molecule has 0 aliphatic heterocycles. The number of ether oxygens (including phenoxy) is 1. The highest BCUT2D eigenvalue weighted by atomic mass is 32.2. The summed E-state index contributed by atoms with van der Waals surface area (Å²) in [5.41, 5.74) is 2.04. The van der Waals surface area contributed by atoms with Crippen LogP contribution in [0.1, 0.15) is 55.6 Å². The van der Waals surface area contributed by atoms with Crippen LogP contribution in [0.3, 0.4) is 0 Å². The number of nitrogens with zero attached hydrogens (tertiary/aromatic N) is 1. The molecule has 0 radical (unpaired) electrons. The fourth-order valence-electron chi connectivity index (χ4n) is 3.72. The third kappa shape index (κ3) is 10.9. The molecule has 1 heterocycles. The summed E-state index contributed by atoms with van der Waals surface area (Å²) in [6.45, 7) is 7.24. The number of aryl methyl sites for hydroxylation is 1. The van der Waals surface area contributed by atoms with Gasteiger partial charge in [-0.1, -0.05) is 49.4 Å². The quantitative estimate of drug-likeness (QED) is 0.200. The minimum Gasteiger partial charge on any atom is -0.444 e. The number of thiazole rings is 1. The van der Waals surface area contributed by atoms with Crippen LogP contribution in [0.2, 0.25) is 0 Å². The number of alkyl carbamates (subject to hydrolysis) is 1. The zero-order valence-corrected chi connectivity index (χ0v) is 24.6. The molecule has 2 amide bonds. The number of aromatic nitrogens is 1. The van der Waals surface area contributed by atoms with Crippen LogP contribution in [-0.4, -0.2) is 41.6 Å². The van der Waals surface area contributed by atoms with Crippen molar-refractivity contribution in [3.05, 3.63) is 81.8 Å². The standard InChI is InChI=1S/C27H34N4O6S2.H3N/c1-5-20-17-38-25(28-20)23(16-19-11-13-21(14-12-19)31-39(34,35)36)29-24(32)22(15-18-9-7-6-8-10-18)30-26(33)37-27(2,3)4;/h6-14,17,22-23,31H,5,15-16H2,1-4H3,(H,29,32)(H,30,33)(H,34,35,36);1H3/t22?,23-;/m0./s1. The number of carbonyl (C=O) groups is 2. The fraction of sp³-hybridized carbons (Fsp3) is 0.370. The lowest BCUT2D eigenvalue weighted by molar-refractivity contribution is -0.124. The molecule has 11 nitrogen and oxygen atoms in total. The number of benzene rings is 2. The molecule has 1 unspecified atom stereocenters. The molecule has 40 heavy (non-hydrogen) atoms. The molecule has 2 aromatic carbocycles. The Morgan fingerprint density at radius 3 is 2.17 bits per heavy atom. The molecule has 218 valence electrons. The van der Waals surface area contributed by atoms with Crippen molar-refractivity contribution in [2.24, 2.45) is 0 Å². The molecule has 0 saturated carbocycles. The molecule has 0 spiro atoms. The van der Waals surface area contributed by atoms with Crippen LogP contribution < -0.4 is 21.5 Å². The van der Waals surface area contributed by atoms with E-state index in [4.69, 9.17) is 9.29 Å². The molecule has 0 bridgehead atoms. The van der Waals surface area contributed by atoms with E-state index in [0.29, 0.717) is 11.4 Å². The molecule has 0 saturated heterocycles. The van der Waals surface area contributed by atoms with Crippen LogP contribution in [0.25, 0.3) is 0 Å². The Kier molecular flexibility index (Phi) is 11.6. The second-order valence-corrected chi connectivity index (χ2v) is 12.0. The Morgan fingerprint density at radius 2 is 1.62 bits per heavy atom. The number of rotatable bonds is 11. The van der Waals surface area contributed by atoms with Crippen molar-refractivity contribution in [3.63, 3.8) is 0 Å². The second-order valence-electron chi connectivity index (χ2n) is 9.96. The van der Waals surface area contributed by atoms with E-state index in [-0.39, 0.29) is 18.3 Å². The van der Waals surface area contributed by atoms with E-state index in [0.717, 1.165) is 23.2 Å². The second kappa shape index (κ2) is 14.2. The summed E-state index contributed by atoms with van der Waals surface area (Å²) >= 11 is 1.43. The molecular formula is C27H37N5O6S2. The molecule has 13 heteroatoms. The summed E-state index contributed by atoms with van der Waals surface area (Å²) < 4.78 is 38.6. The van der Waals surface area contributed by atoms with Crippen LogP contribution in [0, 0.1) is 0 Å². The van der Waals surface area contributed by atoms with E-state index in [1.807, 2.05) is 47.4 Å². The van der Waals surface area contributed by atoms with Gasteiger partial charge in [0.2, 0.25) is 5.91 Å². The number of hydrogen-bond donors (Lipinski definition) is 5. The van der Waals surface area contributed by atoms with Gasteiger partial charge < -0.3 is 21.5 Å². The molecule has 3 rings (SSSR count). The maximum Gasteiger partial charge on any atom is 0.408 e. The predicted octanol–water partition coefficient (Wildman–Crippen LogP) is 4.62. The number of hydrogen-bond acceptors (Lipinski definition) is 8. The first kappa shape index (κ1) is 32.7. The highest BCUT2D eigenvalue weighted by molar-refractivity contribution is 7.87. The van der Waals surface area contributed by atoms with Crippen molar-refractivity contribution in [2.45, 2.75) is 64.6 Å². The van der Waals surface area contributed by atoms with E-state index in [1.165, 1.54) is 23.5 Å². The van der Waals surface area contributed by atoms with Crippen LogP contribution in [-0.2, 0) is 39.1 Å². The van der Waals surface area contributed by atoms with E-state index in [9.17, 15) is 18.0 Å². The number of anilines is 1. The van der Waals surface area contributed by atoms with Gasteiger partial charge in [0, 0.05) is 11.8 Å². The monoisotopic (exact) mass is 591 g/mol. The molecule has 0 fully saturated rings. The fourth-order valence-corrected chi connectivity index (χ4v) is 5.11. The Balaban J connectivity index is 0.00000560. The third-order valence-electron chi connectivity index (χ3n) is 5.48. The summed E-state index contributed by atoms with van der Waals surface area (Å²) in [5.74, 6) is -0.396. The van der Waals surface area contributed by atoms with E-state index in [2.05, 4.69) is 15.6 Å². The zero-order valence-electron chi connectivity index (χ0n) is 23.0. The van der Waals surface area contributed by atoms with Crippen molar-refractivity contribution in [1.29, 1.82) is 0 Å². The van der Waals surface area contributed by atoms with E-state index >= 15 is 0 Å². The van der Waals surface area contributed by atoms with Gasteiger partial charge in [-0.2, -0.15) is 8.42 Å². The predicted molar refractivity (Wildman–Crippen MR) is 156 cm³/mol. The van der Waals surface area contributed by atoms with Gasteiger partial charge in [-0.05, 0) is 56.9 Å². The first-order valence-corrected chi connectivity index (χ1v) is 14.8. The lowest BCUT2D eigenvalue weighted by atomic mass is 10.0. The van der Waals surface area contributed by atoms with Crippen molar-refractivity contribution >= 4 is 39.3 Å². The average molecular weight is 592 g/mol. The van der Waals surface area contributed by atoms with Crippen molar-refractivity contribution < 1.29 is 27.3 Å². The van der Waals surface area contributed by atoms with Gasteiger partial charge >= 0.3 is 16.4 Å². The maximum absolute atomic E-state index is 13.6. The largest absolute Gasteiger partial charge is 0.444 e. The Bertz CT molecular complexity index is 1360. The SMILES string of the molecule is CCc1csc([C@H](Cc2ccc(NS(=O)(=O)O)cc2)NC(=O)C(Cc2ccccc2)NC(=O)OC(C)(C)C)n1.N. The lowest BCUT2D eigenvalue weighted by Gasteiger charge is -2.25. The highest BCUT2D eigenvalue weighted by Crippen LogP contribution is 2.24. The normalized spacial score (nSPS) is 12.9. The smallest absolute Gasteiger partial charge is 0.408 e. The molecular weight excluding hydrogens is 554 g/mol. The van der Waals surface area contributed by atoms with Crippen LogP contribution in [0.15, 0.2) is 60.0 Å². The van der Waals surface area contributed by atoms with E-state index in [1.54, 1.807) is 32.9 Å². The number of amides is 2. The molecule has 2 atom stereocenters. The highest BCUT2D eigenvalue weighted by Gasteiger charge is 2.28. The summed E-state index contributed by atoms with van der Waals surface area (Å²) in [7, 11) is -4.39. The molecule has 0 aliphatic rings. The minimum absolute atomic E-state index is 0. The minimum atomic E-state index is -4.39. The van der Waals surface area contributed by atoms with Crippen molar-refractivity contribution in [2.75, 3.05) is 4.72 Å². The van der Waals surface area contributed by atoms with Gasteiger partial charge in [-0.15, -0.1) is 11.3 Å². The lowest BCUT2D eigenvalue weighted by Crippen LogP contribution is -2.50. The van der Waals surface area contributed by atoms with Gasteiger partial charge in [-0.25, -0.2) is 9.78 Å². The van der Waals surface area contributed by atoms with Gasteiger partial charge in [0.1, 0.15) is 16.7 Å². The van der Waals surface area contributed by atoms with Crippen molar-refractivity contribution in [3.8, 4) is 0 Å². The molecule has 0 aliphatic carbocycles. The number of carbonyl (C=O) groups excluding carboxylic acids is 2. The first-order chi connectivity index (χ1) is 18.3. The Hall–Kier alpha value is -3.52. The van der Waals surface area contributed by atoms with Gasteiger partial charge in [-0.3, -0.25) is 14.1 Å². The summed E-state index contributed by atoms with van der Waals surface area (Å²) in [4.78, 5) is 30.9. The number of nitrogens with one attached hydrogen (secondary N) is 3. The van der Waals surface area contributed by atoms with Gasteiger partial charge in [0.05, 0.1) is 17.4 Å². The summed E-state index contributed by atoms with van der Waals surface area (Å²) in [6, 6.07) is 14.4. The van der Waals surface area contributed by atoms with Crippen molar-refractivity contribution in [1.82, 2.24) is 21.8 Å². The van der Waals surface area contributed by atoms with Crippen LogP contribution in [0.4, 0.5) is 10.5 Å². The molecule has 1 aromatic heterocycles. The van der Waals surface area contributed by atoms with Gasteiger partial charge in [0.15, 0.2) is 0 Å². The third-order valence-corrected chi connectivity index (χ3v) is 6.98. The van der Waals surface area contributed by atoms with Crippen LogP contribution in [0.5, 0.6) is 0 Å². The van der Waals surface area contributed by atoms with Gasteiger partial charge in [0.25, 0.3) is 0 Å². The Labute approximate surface area is 239 Å². The summed E-state index contributed by atoms with van der Waals surface area (Å²) in [5, 5.41) is 8.40. The zero-order chi connectivity index (χ0) is 28.6. The van der Waals surface area contributed by atoms with Crippen LogP contribution >= 0.6 is 11.3 Å². The summed E-state index contributed by atoms with van der Waals surface area (Å²) in [6.07, 6.45) is 0.662. The molecule has 7 N–H and O–H groups in total. The first-order valence-electron chi connectivity index (χ1n) is 12.4. The Morgan fingerprint density at radius 1 is 1.00 bits per heavy atom. The molecule has 3 aromatic rings. The topological polar surface area (TPSA) is 182 Å². The maximum atomic E-state index is 13.6. The van der Waals surface area contributed by atoms with E-state index < -0.39 is 40.0 Å².